The summed E-state index contributed by atoms with van der Waals surface area (Å²) in [6, 6.07) is 8.42. The van der Waals surface area contributed by atoms with Crippen LogP contribution < -0.4 is 16.4 Å². The molecule has 0 saturated heterocycles. The van der Waals surface area contributed by atoms with Crippen LogP contribution in [-0.2, 0) is 0 Å². The Morgan fingerprint density at radius 2 is 1.71 bits per heavy atom. The Hall–Kier alpha value is -2.96. The number of nitrogen functional groups attached to an aromatic ring is 1. The fourth-order valence-electron chi connectivity index (χ4n) is 1.67. The van der Waals surface area contributed by atoms with E-state index in [4.69, 9.17) is 11.1 Å². The molecule has 7 heteroatoms. The van der Waals surface area contributed by atoms with Crippen LogP contribution >= 0.6 is 0 Å². The first-order valence-electron chi connectivity index (χ1n) is 5.93. The normalized spacial score (nSPS) is 10.0. The predicted octanol–water partition coefficient (Wildman–Crippen LogP) is 2.89. The summed E-state index contributed by atoms with van der Waals surface area (Å²) in [7, 11) is 0. The SMILES string of the molecule is N=C(N)c1cc(NC(=O)Nc2cccc(F)c2)ccc1F. The van der Waals surface area contributed by atoms with Gasteiger partial charge in [-0.1, -0.05) is 6.07 Å². The molecule has 2 aromatic rings. The van der Waals surface area contributed by atoms with Crippen molar-refractivity contribution in [2.75, 3.05) is 10.6 Å². The summed E-state index contributed by atoms with van der Waals surface area (Å²) in [5.41, 5.74) is 5.65. The summed E-state index contributed by atoms with van der Waals surface area (Å²) in [6.07, 6.45) is 0. The van der Waals surface area contributed by atoms with Crippen LogP contribution in [0.1, 0.15) is 5.56 Å². The van der Waals surface area contributed by atoms with Crippen molar-refractivity contribution >= 4 is 23.2 Å². The van der Waals surface area contributed by atoms with Crippen molar-refractivity contribution in [3.63, 3.8) is 0 Å². The van der Waals surface area contributed by atoms with Gasteiger partial charge in [0.05, 0.1) is 5.56 Å². The van der Waals surface area contributed by atoms with Gasteiger partial charge in [-0.25, -0.2) is 13.6 Å². The van der Waals surface area contributed by atoms with E-state index in [1.807, 2.05) is 0 Å². The number of nitrogens with two attached hydrogens (primary N) is 1. The average Bonchev–Trinajstić information content (AvgIpc) is 2.40. The van der Waals surface area contributed by atoms with Crippen molar-refractivity contribution in [2.24, 2.45) is 5.73 Å². The lowest BCUT2D eigenvalue weighted by molar-refractivity contribution is 0.262. The summed E-state index contributed by atoms with van der Waals surface area (Å²) in [4.78, 5) is 11.7. The number of hydrogen-bond acceptors (Lipinski definition) is 2. The van der Waals surface area contributed by atoms with E-state index in [0.29, 0.717) is 0 Å². The molecule has 0 radical (unpaired) electrons. The van der Waals surface area contributed by atoms with Crippen LogP contribution in [0, 0.1) is 17.0 Å². The number of amidine groups is 1. The Kier molecular flexibility index (Phi) is 4.13. The minimum absolute atomic E-state index is 0.112. The first-order chi connectivity index (χ1) is 9.95. The van der Waals surface area contributed by atoms with Crippen LogP contribution in [0.5, 0.6) is 0 Å². The van der Waals surface area contributed by atoms with Crippen LogP contribution in [0.3, 0.4) is 0 Å². The molecule has 0 heterocycles. The van der Waals surface area contributed by atoms with Crippen molar-refractivity contribution in [1.82, 2.24) is 0 Å². The van der Waals surface area contributed by atoms with Gasteiger partial charge >= 0.3 is 6.03 Å². The number of nitrogens with one attached hydrogen (secondary N) is 3. The summed E-state index contributed by atoms with van der Waals surface area (Å²) < 4.78 is 26.3. The molecule has 0 fully saturated rings. The molecule has 0 aromatic heterocycles. The highest BCUT2D eigenvalue weighted by atomic mass is 19.1. The molecule has 0 aliphatic rings. The van der Waals surface area contributed by atoms with Crippen LogP contribution in [0.25, 0.3) is 0 Å². The van der Waals surface area contributed by atoms with E-state index in [1.165, 1.54) is 30.3 Å². The van der Waals surface area contributed by atoms with E-state index in [0.717, 1.165) is 12.1 Å². The number of amides is 2. The lowest BCUT2D eigenvalue weighted by Gasteiger charge is -2.09. The molecule has 5 N–H and O–H groups in total. The number of urea groups is 1. The molecule has 0 spiro atoms. The van der Waals surface area contributed by atoms with Gasteiger partial charge in [0.25, 0.3) is 0 Å². The quantitative estimate of drug-likeness (QED) is 0.517. The van der Waals surface area contributed by atoms with Gasteiger partial charge in [-0.15, -0.1) is 0 Å². The number of halogens is 2. The Bertz CT molecular complexity index is 703. The van der Waals surface area contributed by atoms with Crippen LogP contribution in [-0.4, -0.2) is 11.9 Å². The molecule has 0 aliphatic carbocycles. The van der Waals surface area contributed by atoms with E-state index in [-0.39, 0.29) is 16.9 Å². The molecule has 21 heavy (non-hydrogen) atoms. The van der Waals surface area contributed by atoms with Crippen molar-refractivity contribution in [1.29, 1.82) is 5.41 Å². The predicted molar refractivity (Wildman–Crippen MR) is 76.5 cm³/mol. The van der Waals surface area contributed by atoms with Gasteiger partial charge in [0.1, 0.15) is 17.5 Å². The Balaban J connectivity index is 2.09. The summed E-state index contributed by atoms with van der Waals surface area (Å²) in [5, 5.41) is 12.1. The topological polar surface area (TPSA) is 91.0 Å². The highest BCUT2D eigenvalue weighted by Gasteiger charge is 2.09. The maximum Gasteiger partial charge on any atom is 0.323 e. The number of anilines is 2. The van der Waals surface area contributed by atoms with Crippen LogP contribution in [0.15, 0.2) is 42.5 Å². The fraction of sp³-hybridized carbons (Fsp3) is 0. The Morgan fingerprint density at radius 3 is 2.33 bits per heavy atom. The van der Waals surface area contributed by atoms with E-state index < -0.39 is 23.5 Å². The van der Waals surface area contributed by atoms with E-state index in [1.54, 1.807) is 0 Å². The highest BCUT2D eigenvalue weighted by molar-refractivity contribution is 6.01. The maximum atomic E-state index is 13.4. The number of benzene rings is 2. The number of rotatable bonds is 3. The Morgan fingerprint density at radius 1 is 1.05 bits per heavy atom. The molecule has 2 amide bonds. The summed E-state index contributed by atoms with van der Waals surface area (Å²) in [6.45, 7) is 0. The summed E-state index contributed by atoms with van der Waals surface area (Å²) in [5.74, 6) is -1.58. The first-order valence-corrected chi connectivity index (χ1v) is 5.93. The van der Waals surface area contributed by atoms with Gasteiger partial charge in [0.15, 0.2) is 0 Å². The molecule has 2 aromatic carbocycles. The Labute approximate surface area is 119 Å². The molecule has 0 atom stereocenters. The molecule has 2 rings (SSSR count). The zero-order valence-corrected chi connectivity index (χ0v) is 10.8. The third-order valence-electron chi connectivity index (χ3n) is 2.60. The lowest BCUT2D eigenvalue weighted by atomic mass is 10.1. The zero-order valence-electron chi connectivity index (χ0n) is 10.8. The number of carbonyl (C=O) groups excluding carboxylic acids is 1. The standard InChI is InChI=1S/C14H12F2N4O/c15-8-2-1-3-9(6-8)19-14(21)20-10-4-5-12(16)11(7-10)13(17)18/h1-7H,(H3,17,18)(H2,19,20,21). The molecule has 0 unspecified atom stereocenters. The third-order valence-corrected chi connectivity index (χ3v) is 2.60. The second kappa shape index (κ2) is 6.00. The minimum Gasteiger partial charge on any atom is -0.384 e. The zero-order chi connectivity index (χ0) is 15.4. The van der Waals surface area contributed by atoms with E-state index >= 15 is 0 Å². The highest BCUT2D eigenvalue weighted by Crippen LogP contribution is 2.15. The molecule has 0 bridgehead atoms. The van der Waals surface area contributed by atoms with Gasteiger partial charge in [-0.2, -0.15) is 0 Å². The van der Waals surface area contributed by atoms with Crippen LogP contribution in [0.4, 0.5) is 25.0 Å². The second-order valence-corrected chi connectivity index (χ2v) is 4.20. The van der Waals surface area contributed by atoms with Crippen LogP contribution in [0.2, 0.25) is 0 Å². The van der Waals surface area contributed by atoms with Crippen molar-refractivity contribution in [2.45, 2.75) is 0 Å². The smallest absolute Gasteiger partial charge is 0.323 e. The first kappa shape index (κ1) is 14.4. The van der Waals surface area contributed by atoms with Gasteiger partial charge < -0.3 is 16.4 Å². The second-order valence-electron chi connectivity index (χ2n) is 4.20. The molecule has 0 saturated carbocycles. The van der Waals surface area contributed by atoms with Gasteiger partial charge in [0, 0.05) is 11.4 Å². The molecule has 108 valence electrons. The third kappa shape index (κ3) is 3.75. The molecular weight excluding hydrogens is 278 g/mol. The average molecular weight is 290 g/mol. The van der Waals surface area contributed by atoms with Gasteiger partial charge in [-0.05, 0) is 36.4 Å². The molecule has 0 aliphatic heterocycles. The van der Waals surface area contributed by atoms with E-state index in [9.17, 15) is 13.6 Å². The number of hydrogen-bond donors (Lipinski definition) is 4. The van der Waals surface area contributed by atoms with E-state index in [2.05, 4.69) is 10.6 Å². The maximum absolute atomic E-state index is 13.4. The number of carbonyl (C=O) groups is 1. The molecular formula is C14H12F2N4O. The molecule has 5 nitrogen and oxygen atoms in total. The largest absolute Gasteiger partial charge is 0.384 e. The fourth-order valence-corrected chi connectivity index (χ4v) is 1.67. The summed E-state index contributed by atoms with van der Waals surface area (Å²) >= 11 is 0. The minimum atomic E-state index is -0.654. The van der Waals surface area contributed by atoms with Crippen molar-refractivity contribution in [3.8, 4) is 0 Å². The lowest BCUT2D eigenvalue weighted by Crippen LogP contribution is -2.20. The van der Waals surface area contributed by atoms with Gasteiger partial charge in [0.2, 0.25) is 0 Å². The van der Waals surface area contributed by atoms with Gasteiger partial charge in [-0.3, -0.25) is 5.41 Å². The monoisotopic (exact) mass is 290 g/mol. The van der Waals surface area contributed by atoms with Crippen molar-refractivity contribution in [3.05, 3.63) is 59.7 Å². The van der Waals surface area contributed by atoms with Crippen molar-refractivity contribution < 1.29 is 13.6 Å².